The van der Waals surface area contributed by atoms with Gasteiger partial charge in [0.15, 0.2) is 8.32 Å². The molecule has 0 radical (unpaired) electrons. The first-order chi connectivity index (χ1) is 9.67. The van der Waals surface area contributed by atoms with E-state index in [9.17, 15) is 4.79 Å². The van der Waals surface area contributed by atoms with Crippen molar-refractivity contribution >= 4 is 14.4 Å². The van der Waals surface area contributed by atoms with Crippen molar-refractivity contribution < 1.29 is 23.8 Å². The van der Waals surface area contributed by atoms with Gasteiger partial charge in [-0.05, 0) is 24.6 Å². The molecule has 0 saturated carbocycles. The van der Waals surface area contributed by atoms with Crippen molar-refractivity contribution in [3.63, 3.8) is 0 Å². The molecule has 0 heterocycles. The van der Waals surface area contributed by atoms with Crippen molar-refractivity contribution in [2.45, 2.75) is 45.3 Å². The van der Waals surface area contributed by atoms with E-state index in [0.29, 0.717) is 33.0 Å². The van der Waals surface area contributed by atoms with Crippen LogP contribution in [0.5, 0.6) is 0 Å². The third kappa shape index (κ3) is 10.7. The zero-order chi connectivity index (χ0) is 16.4. The van der Waals surface area contributed by atoms with E-state index in [0.717, 1.165) is 13.0 Å². The number of hydrogen-bond acceptors (Lipinski definition) is 4. The molecule has 1 amide bonds. The number of amides is 1. The van der Waals surface area contributed by atoms with Crippen LogP contribution >= 0.6 is 0 Å². The Bertz CT molecular complexity index is 292. The molecule has 0 rings (SSSR count). The van der Waals surface area contributed by atoms with E-state index in [2.05, 4.69) is 39.2 Å². The van der Waals surface area contributed by atoms with E-state index >= 15 is 0 Å². The van der Waals surface area contributed by atoms with Gasteiger partial charge in [0, 0.05) is 19.8 Å². The normalized spacial score (nSPS) is 12.4. The molecular formula is C14H31NO5Si. The van der Waals surface area contributed by atoms with E-state index in [1.165, 1.54) is 0 Å². The van der Waals surface area contributed by atoms with E-state index in [1.54, 1.807) is 0 Å². The van der Waals surface area contributed by atoms with Crippen LogP contribution in [0.2, 0.25) is 18.1 Å². The fraction of sp³-hybridized carbons (Fsp3) is 0.929. The average Bonchev–Trinajstić information content (AvgIpc) is 2.34. The van der Waals surface area contributed by atoms with Gasteiger partial charge in [-0.1, -0.05) is 20.8 Å². The number of carboxylic acid groups (broad SMARTS) is 1. The van der Waals surface area contributed by atoms with Crippen LogP contribution in [0.3, 0.4) is 0 Å². The van der Waals surface area contributed by atoms with Crippen molar-refractivity contribution in [2.75, 3.05) is 39.6 Å². The Morgan fingerprint density at radius 1 is 1.05 bits per heavy atom. The van der Waals surface area contributed by atoms with Crippen LogP contribution < -0.4 is 5.32 Å². The molecule has 0 aromatic rings. The fourth-order valence-corrected chi connectivity index (χ4v) is 2.34. The summed E-state index contributed by atoms with van der Waals surface area (Å²) in [7, 11) is -1.64. The largest absolute Gasteiger partial charge is 0.465 e. The molecule has 2 N–H and O–H groups in total. The lowest BCUT2D eigenvalue weighted by Gasteiger charge is -2.36. The maximum Gasteiger partial charge on any atom is 0.404 e. The fourth-order valence-electron chi connectivity index (χ4n) is 1.26. The molecular weight excluding hydrogens is 290 g/mol. The van der Waals surface area contributed by atoms with Crippen molar-refractivity contribution in [1.29, 1.82) is 0 Å². The highest BCUT2D eigenvalue weighted by Crippen LogP contribution is 2.36. The van der Waals surface area contributed by atoms with Crippen molar-refractivity contribution in [3.8, 4) is 0 Å². The van der Waals surface area contributed by atoms with Gasteiger partial charge in [0.25, 0.3) is 0 Å². The van der Waals surface area contributed by atoms with Gasteiger partial charge in [-0.25, -0.2) is 4.79 Å². The summed E-state index contributed by atoms with van der Waals surface area (Å²) in [6.07, 6.45) is -0.149. The third-order valence-corrected chi connectivity index (χ3v) is 8.13. The summed E-state index contributed by atoms with van der Waals surface area (Å²) in [5.74, 6) is 0. The molecule has 0 fully saturated rings. The number of rotatable bonds is 11. The molecule has 7 heteroatoms. The Morgan fingerprint density at radius 3 is 2.14 bits per heavy atom. The van der Waals surface area contributed by atoms with Gasteiger partial charge in [0.1, 0.15) is 0 Å². The molecule has 0 aromatic carbocycles. The van der Waals surface area contributed by atoms with Crippen LogP contribution in [0.4, 0.5) is 4.79 Å². The van der Waals surface area contributed by atoms with Gasteiger partial charge in [0.2, 0.25) is 0 Å². The molecule has 0 saturated heterocycles. The lowest BCUT2D eigenvalue weighted by molar-refractivity contribution is 0.0441. The second-order valence-electron chi connectivity index (χ2n) is 6.42. The summed E-state index contributed by atoms with van der Waals surface area (Å²) in [6, 6.07) is 0. The summed E-state index contributed by atoms with van der Waals surface area (Å²) in [6.45, 7) is 14.2. The minimum atomic E-state index is -1.64. The summed E-state index contributed by atoms with van der Waals surface area (Å²) in [5.41, 5.74) is 0. The van der Waals surface area contributed by atoms with Gasteiger partial charge >= 0.3 is 6.09 Å². The monoisotopic (exact) mass is 321 g/mol. The average molecular weight is 321 g/mol. The zero-order valence-corrected chi connectivity index (χ0v) is 15.0. The zero-order valence-electron chi connectivity index (χ0n) is 14.0. The van der Waals surface area contributed by atoms with Crippen LogP contribution in [0.1, 0.15) is 27.2 Å². The molecule has 126 valence electrons. The summed E-state index contributed by atoms with van der Waals surface area (Å²) < 4.78 is 16.7. The highest BCUT2D eigenvalue weighted by molar-refractivity contribution is 6.74. The minimum Gasteiger partial charge on any atom is -0.465 e. The predicted molar refractivity (Wildman–Crippen MR) is 85.4 cm³/mol. The van der Waals surface area contributed by atoms with Crippen molar-refractivity contribution in [2.24, 2.45) is 0 Å². The highest BCUT2D eigenvalue weighted by Gasteiger charge is 2.36. The van der Waals surface area contributed by atoms with Gasteiger partial charge in [-0.2, -0.15) is 0 Å². The van der Waals surface area contributed by atoms with Gasteiger partial charge in [-0.15, -0.1) is 0 Å². The molecule has 0 aliphatic heterocycles. The SMILES string of the molecule is CC(C)(C)[Si](C)(C)OCCCOCCOCCNC(=O)O. The van der Waals surface area contributed by atoms with Crippen molar-refractivity contribution in [3.05, 3.63) is 0 Å². The summed E-state index contributed by atoms with van der Waals surface area (Å²) in [5, 5.41) is 10.8. The Morgan fingerprint density at radius 2 is 1.62 bits per heavy atom. The highest BCUT2D eigenvalue weighted by atomic mass is 28.4. The first-order valence-electron chi connectivity index (χ1n) is 7.43. The van der Waals surface area contributed by atoms with Crippen LogP contribution in [0.25, 0.3) is 0 Å². The first kappa shape index (κ1) is 20.4. The van der Waals surface area contributed by atoms with Gasteiger partial charge < -0.3 is 24.3 Å². The van der Waals surface area contributed by atoms with Gasteiger partial charge in [0.05, 0.1) is 19.8 Å². The maximum atomic E-state index is 10.2. The molecule has 0 aromatic heterocycles. The number of carbonyl (C=O) groups is 1. The van der Waals surface area contributed by atoms with E-state index in [-0.39, 0.29) is 5.04 Å². The smallest absolute Gasteiger partial charge is 0.404 e. The van der Waals surface area contributed by atoms with Gasteiger partial charge in [-0.3, -0.25) is 0 Å². The minimum absolute atomic E-state index is 0.242. The molecule has 0 atom stereocenters. The Hall–Kier alpha value is -0.633. The van der Waals surface area contributed by atoms with Crippen LogP contribution in [0.15, 0.2) is 0 Å². The lowest BCUT2D eigenvalue weighted by atomic mass is 10.2. The Labute approximate surface area is 129 Å². The van der Waals surface area contributed by atoms with Crippen LogP contribution in [0, 0.1) is 0 Å². The molecule has 0 bridgehead atoms. The number of hydrogen-bond donors (Lipinski definition) is 2. The number of ether oxygens (including phenoxy) is 2. The van der Waals surface area contributed by atoms with E-state index < -0.39 is 14.4 Å². The predicted octanol–water partition coefficient (Wildman–Crippen LogP) is 2.70. The van der Waals surface area contributed by atoms with Crippen LogP contribution in [-0.2, 0) is 13.9 Å². The van der Waals surface area contributed by atoms with E-state index in [4.69, 9.17) is 19.0 Å². The molecule has 21 heavy (non-hydrogen) atoms. The second-order valence-corrected chi connectivity index (χ2v) is 11.2. The Kier molecular flexibility index (Phi) is 9.85. The summed E-state index contributed by atoms with van der Waals surface area (Å²) >= 11 is 0. The number of nitrogens with one attached hydrogen (secondary N) is 1. The van der Waals surface area contributed by atoms with Crippen molar-refractivity contribution in [1.82, 2.24) is 5.32 Å². The molecule has 0 spiro atoms. The van der Waals surface area contributed by atoms with E-state index in [1.807, 2.05) is 0 Å². The topological polar surface area (TPSA) is 77.0 Å². The second kappa shape index (κ2) is 10.2. The first-order valence-corrected chi connectivity index (χ1v) is 10.3. The summed E-state index contributed by atoms with van der Waals surface area (Å²) in [4.78, 5) is 10.2. The molecule has 0 aliphatic rings. The third-order valence-electron chi connectivity index (χ3n) is 3.60. The quantitative estimate of drug-likeness (QED) is 0.452. The molecule has 0 unspecified atom stereocenters. The molecule has 6 nitrogen and oxygen atoms in total. The molecule has 0 aliphatic carbocycles. The Balaban J connectivity index is 3.36. The van der Waals surface area contributed by atoms with Crippen LogP contribution in [-0.4, -0.2) is 59.1 Å². The standard InChI is InChI=1S/C14H31NO5Si/c1-14(2,3)21(4,5)20-9-6-8-18-11-12-19-10-7-15-13(16)17/h15H,6-12H2,1-5H3,(H,16,17). The lowest BCUT2D eigenvalue weighted by Crippen LogP contribution is -2.41. The maximum absolute atomic E-state index is 10.2.